The quantitative estimate of drug-likeness (QED) is 0.865. The minimum atomic E-state index is -0.0107. The zero-order valence-electron chi connectivity index (χ0n) is 16.7. The SMILES string of the molecule is CN(C)Cc1ccc(C(=O)NC2CCN(C(=O)C3CCCCC3)CC2)cc1. The van der Waals surface area contributed by atoms with E-state index in [-0.39, 0.29) is 17.9 Å². The van der Waals surface area contributed by atoms with Gasteiger partial charge in [0.1, 0.15) is 0 Å². The van der Waals surface area contributed by atoms with Gasteiger partial charge in [-0.1, -0.05) is 31.4 Å². The molecule has 1 aromatic rings. The minimum absolute atomic E-state index is 0.0107. The van der Waals surface area contributed by atoms with Gasteiger partial charge in [-0.05, 0) is 57.5 Å². The van der Waals surface area contributed by atoms with Gasteiger partial charge in [0.2, 0.25) is 5.91 Å². The summed E-state index contributed by atoms with van der Waals surface area (Å²) in [6, 6.07) is 7.99. The van der Waals surface area contributed by atoms with Crippen LogP contribution in [-0.2, 0) is 11.3 Å². The molecule has 2 amide bonds. The Balaban J connectivity index is 1.45. The van der Waals surface area contributed by atoms with Crippen molar-refractivity contribution in [3.63, 3.8) is 0 Å². The number of piperidine rings is 1. The molecule has 1 aliphatic heterocycles. The van der Waals surface area contributed by atoms with E-state index in [2.05, 4.69) is 10.2 Å². The second-order valence-electron chi connectivity index (χ2n) is 8.34. The Kier molecular flexibility index (Phi) is 6.89. The molecule has 0 radical (unpaired) electrons. The third-order valence-corrected chi connectivity index (χ3v) is 5.81. The van der Waals surface area contributed by atoms with E-state index in [4.69, 9.17) is 0 Å². The molecule has 0 bridgehead atoms. The molecule has 148 valence electrons. The zero-order valence-corrected chi connectivity index (χ0v) is 16.7. The Morgan fingerprint density at radius 2 is 1.63 bits per heavy atom. The van der Waals surface area contributed by atoms with E-state index in [9.17, 15) is 9.59 Å². The van der Waals surface area contributed by atoms with Crippen LogP contribution in [0.2, 0.25) is 0 Å². The summed E-state index contributed by atoms with van der Waals surface area (Å²) in [5.74, 6) is 0.574. The lowest BCUT2D eigenvalue weighted by molar-refractivity contribution is -0.137. The van der Waals surface area contributed by atoms with E-state index >= 15 is 0 Å². The van der Waals surface area contributed by atoms with Crippen LogP contribution in [0.4, 0.5) is 0 Å². The van der Waals surface area contributed by atoms with Gasteiger partial charge in [0.05, 0.1) is 0 Å². The first-order valence-corrected chi connectivity index (χ1v) is 10.4. The first-order chi connectivity index (χ1) is 13.0. The fourth-order valence-corrected chi connectivity index (χ4v) is 4.25. The van der Waals surface area contributed by atoms with Crippen LogP contribution in [0.25, 0.3) is 0 Å². The molecule has 1 saturated carbocycles. The minimum Gasteiger partial charge on any atom is -0.349 e. The highest BCUT2D eigenvalue weighted by molar-refractivity contribution is 5.94. The van der Waals surface area contributed by atoms with E-state index in [0.717, 1.165) is 45.3 Å². The van der Waals surface area contributed by atoms with E-state index in [1.807, 2.05) is 43.3 Å². The first-order valence-electron chi connectivity index (χ1n) is 10.4. The van der Waals surface area contributed by atoms with Gasteiger partial charge in [0.15, 0.2) is 0 Å². The summed E-state index contributed by atoms with van der Waals surface area (Å²) in [5, 5.41) is 3.15. The van der Waals surface area contributed by atoms with Crippen molar-refractivity contribution in [3.8, 4) is 0 Å². The predicted octanol–water partition coefficient (Wildman–Crippen LogP) is 3.05. The Morgan fingerprint density at radius 3 is 2.22 bits per heavy atom. The molecular weight excluding hydrogens is 338 g/mol. The topological polar surface area (TPSA) is 52.7 Å². The van der Waals surface area contributed by atoms with Gasteiger partial charge in [0.25, 0.3) is 5.91 Å². The highest BCUT2D eigenvalue weighted by Gasteiger charge is 2.29. The molecule has 5 nitrogen and oxygen atoms in total. The van der Waals surface area contributed by atoms with E-state index in [0.29, 0.717) is 11.5 Å². The molecule has 27 heavy (non-hydrogen) atoms. The molecule has 0 atom stereocenters. The monoisotopic (exact) mass is 371 g/mol. The lowest BCUT2D eigenvalue weighted by atomic mass is 9.87. The van der Waals surface area contributed by atoms with Crippen molar-refractivity contribution in [3.05, 3.63) is 35.4 Å². The molecule has 3 rings (SSSR count). The molecule has 1 heterocycles. The van der Waals surface area contributed by atoms with Crippen molar-refractivity contribution in [2.75, 3.05) is 27.2 Å². The molecule has 1 saturated heterocycles. The van der Waals surface area contributed by atoms with Crippen LogP contribution in [0.1, 0.15) is 60.9 Å². The number of nitrogens with one attached hydrogen (secondary N) is 1. The standard InChI is InChI=1S/C22H33N3O2/c1-24(2)16-17-8-10-18(11-9-17)21(26)23-20-12-14-25(15-13-20)22(27)19-6-4-3-5-7-19/h8-11,19-20H,3-7,12-16H2,1-2H3,(H,23,26). The van der Waals surface area contributed by atoms with Crippen molar-refractivity contribution in [1.82, 2.24) is 15.1 Å². The van der Waals surface area contributed by atoms with E-state index in [1.54, 1.807) is 0 Å². The Bertz CT molecular complexity index is 627. The van der Waals surface area contributed by atoms with Crippen molar-refractivity contribution in [1.29, 1.82) is 0 Å². The normalized spacial score (nSPS) is 19.3. The van der Waals surface area contributed by atoms with Crippen LogP contribution in [0, 0.1) is 5.92 Å². The number of nitrogens with zero attached hydrogens (tertiary/aromatic N) is 2. The number of hydrogen-bond donors (Lipinski definition) is 1. The van der Waals surface area contributed by atoms with Gasteiger partial charge in [-0.3, -0.25) is 9.59 Å². The fraction of sp³-hybridized carbons (Fsp3) is 0.636. The number of likely N-dealkylation sites (tertiary alicyclic amines) is 1. The van der Waals surface area contributed by atoms with Crippen LogP contribution in [0.15, 0.2) is 24.3 Å². The van der Waals surface area contributed by atoms with E-state index in [1.165, 1.54) is 24.8 Å². The van der Waals surface area contributed by atoms with Gasteiger partial charge < -0.3 is 15.1 Å². The Labute approximate surface area is 163 Å². The lowest BCUT2D eigenvalue weighted by Crippen LogP contribution is -2.48. The third-order valence-electron chi connectivity index (χ3n) is 5.81. The molecule has 1 N–H and O–H groups in total. The molecule has 5 heteroatoms. The largest absolute Gasteiger partial charge is 0.349 e. The zero-order chi connectivity index (χ0) is 19.2. The number of carbonyl (C=O) groups is 2. The summed E-state index contributed by atoms with van der Waals surface area (Å²) in [6.45, 7) is 2.40. The lowest BCUT2D eigenvalue weighted by Gasteiger charge is -2.35. The van der Waals surface area contributed by atoms with Crippen LogP contribution in [0.3, 0.4) is 0 Å². The number of rotatable bonds is 5. The molecule has 2 aliphatic rings. The highest BCUT2D eigenvalue weighted by atomic mass is 16.2. The molecule has 1 aromatic carbocycles. The molecule has 0 aromatic heterocycles. The highest BCUT2D eigenvalue weighted by Crippen LogP contribution is 2.26. The number of benzene rings is 1. The molecular formula is C22H33N3O2. The number of amides is 2. The van der Waals surface area contributed by atoms with Crippen LogP contribution < -0.4 is 5.32 Å². The molecule has 1 aliphatic carbocycles. The Hall–Kier alpha value is -1.88. The van der Waals surface area contributed by atoms with Crippen molar-refractivity contribution in [2.24, 2.45) is 5.92 Å². The third kappa shape index (κ3) is 5.55. The van der Waals surface area contributed by atoms with Gasteiger partial charge in [-0.25, -0.2) is 0 Å². The Morgan fingerprint density at radius 1 is 1.00 bits per heavy atom. The van der Waals surface area contributed by atoms with Crippen LogP contribution in [0.5, 0.6) is 0 Å². The molecule has 0 spiro atoms. The smallest absolute Gasteiger partial charge is 0.251 e. The maximum Gasteiger partial charge on any atom is 0.251 e. The molecule has 0 unspecified atom stereocenters. The first kappa shape index (κ1) is 19.9. The van der Waals surface area contributed by atoms with Crippen LogP contribution >= 0.6 is 0 Å². The average Bonchev–Trinajstić information content (AvgIpc) is 2.69. The van der Waals surface area contributed by atoms with Crippen molar-refractivity contribution >= 4 is 11.8 Å². The van der Waals surface area contributed by atoms with Crippen LogP contribution in [-0.4, -0.2) is 54.8 Å². The summed E-state index contributed by atoms with van der Waals surface area (Å²) < 4.78 is 0. The van der Waals surface area contributed by atoms with Gasteiger partial charge in [-0.2, -0.15) is 0 Å². The average molecular weight is 372 g/mol. The summed E-state index contributed by atoms with van der Waals surface area (Å²) in [5.41, 5.74) is 1.91. The maximum absolute atomic E-state index is 12.6. The summed E-state index contributed by atoms with van der Waals surface area (Å²) >= 11 is 0. The second kappa shape index (κ2) is 9.36. The fourth-order valence-electron chi connectivity index (χ4n) is 4.25. The second-order valence-corrected chi connectivity index (χ2v) is 8.34. The van der Waals surface area contributed by atoms with E-state index < -0.39 is 0 Å². The van der Waals surface area contributed by atoms with Crippen molar-refractivity contribution < 1.29 is 9.59 Å². The van der Waals surface area contributed by atoms with Gasteiger partial charge in [-0.15, -0.1) is 0 Å². The maximum atomic E-state index is 12.6. The number of hydrogen-bond acceptors (Lipinski definition) is 3. The molecule has 2 fully saturated rings. The summed E-state index contributed by atoms with van der Waals surface area (Å²) in [6.07, 6.45) is 7.46. The number of carbonyl (C=O) groups excluding carboxylic acids is 2. The predicted molar refractivity (Wildman–Crippen MR) is 107 cm³/mol. The van der Waals surface area contributed by atoms with Gasteiger partial charge in [0, 0.05) is 37.2 Å². The van der Waals surface area contributed by atoms with Crippen molar-refractivity contribution in [2.45, 2.75) is 57.5 Å². The summed E-state index contributed by atoms with van der Waals surface area (Å²) in [4.78, 5) is 29.3. The summed E-state index contributed by atoms with van der Waals surface area (Å²) in [7, 11) is 4.07. The van der Waals surface area contributed by atoms with Gasteiger partial charge >= 0.3 is 0 Å².